The number of benzene rings is 1. The summed E-state index contributed by atoms with van der Waals surface area (Å²) in [6, 6.07) is 9.54. The summed E-state index contributed by atoms with van der Waals surface area (Å²) < 4.78 is 10.7. The first-order chi connectivity index (χ1) is 6.83. The molecule has 1 aromatic heterocycles. The molecule has 14 heavy (non-hydrogen) atoms. The van der Waals surface area contributed by atoms with E-state index < -0.39 is 0 Å². The maximum atomic E-state index is 8.42. The molecule has 0 aliphatic carbocycles. The van der Waals surface area contributed by atoms with Crippen molar-refractivity contribution in [3.63, 3.8) is 0 Å². The Hall–Kier alpha value is -1.95. The van der Waals surface area contributed by atoms with Crippen LogP contribution in [0.15, 0.2) is 28.7 Å². The van der Waals surface area contributed by atoms with E-state index in [9.17, 15) is 0 Å². The Balaban J connectivity index is 2.52. The standard InChI is InChI=1S/C11H9NO2/c1-8-11(13-7-6-12)9-4-2-3-5-10(9)14-8/h2-5H,7H2,1H3. The predicted octanol–water partition coefficient (Wildman–Crippen LogP) is 2.64. The monoisotopic (exact) mass is 187 g/mol. The van der Waals surface area contributed by atoms with Crippen molar-refractivity contribution in [2.24, 2.45) is 0 Å². The van der Waals surface area contributed by atoms with Gasteiger partial charge in [-0.15, -0.1) is 0 Å². The molecule has 0 saturated carbocycles. The molecule has 0 fully saturated rings. The third-order valence-corrected chi connectivity index (χ3v) is 2.00. The minimum Gasteiger partial charge on any atom is -0.474 e. The molecule has 2 aromatic rings. The summed E-state index contributed by atoms with van der Waals surface area (Å²) in [5.74, 6) is 1.38. The first kappa shape index (κ1) is 8.64. The van der Waals surface area contributed by atoms with Gasteiger partial charge in [-0.05, 0) is 19.1 Å². The third kappa shape index (κ3) is 1.31. The number of aryl methyl sites for hydroxylation is 1. The van der Waals surface area contributed by atoms with Crippen molar-refractivity contribution in [2.75, 3.05) is 6.61 Å². The number of fused-ring (bicyclic) bond motifs is 1. The maximum absolute atomic E-state index is 8.42. The van der Waals surface area contributed by atoms with Gasteiger partial charge in [-0.2, -0.15) is 5.26 Å². The molecule has 0 N–H and O–H groups in total. The first-order valence-electron chi connectivity index (χ1n) is 4.31. The Morgan fingerprint density at radius 3 is 3.00 bits per heavy atom. The molecule has 1 heterocycles. The fourth-order valence-corrected chi connectivity index (χ4v) is 1.43. The lowest BCUT2D eigenvalue weighted by atomic mass is 10.2. The van der Waals surface area contributed by atoms with Gasteiger partial charge in [0.15, 0.2) is 12.4 Å². The number of nitriles is 1. The zero-order chi connectivity index (χ0) is 9.97. The second-order valence-corrected chi connectivity index (χ2v) is 2.93. The van der Waals surface area contributed by atoms with Crippen LogP contribution >= 0.6 is 0 Å². The lowest BCUT2D eigenvalue weighted by Crippen LogP contribution is -1.93. The van der Waals surface area contributed by atoms with Crippen LogP contribution in [0, 0.1) is 18.3 Å². The molecule has 0 unspecified atom stereocenters. The van der Waals surface area contributed by atoms with Crippen LogP contribution in [0.5, 0.6) is 5.75 Å². The molecule has 70 valence electrons. The summed E-state index contributed by atoms with van der Waals surface area (Å²) in [5.41, 5.74) is 0.790. The number of hydrogen-bond acceptors (Lipinski definition) is 3. The van der Waals surface area contributed by atoms with Crippen LogP contribution in [0.1, 0.15) is 5.76 Å². The Kier molecular flexibility index (Phi) is 2.11. The van der Waals surface area contributed by atoms with Crippen molar-refractivity contribution < 1.29 is 9.15 Å². The highest BCUT2D eigenvalue weighted by Crippen LogP contribution is 2.31. The van der Waals surface area contributed by atoms with Crippen LogP contribution in [0.3, 0.4) is 0 Å². The minimum atomic E-state index is 0.0460. The molecule has 0 bridgehead atoms. The maximum Gasteiger partial charge on any atom is 0.174 e. The molecule has 0 aliphatic heterocycles. The van der Waals surface area contributed by atoms with Gasteiger partial charge >= 0.3 is 0 Å². The second kappa shape index (κ2) is 3.43. The summed E-state index contributed by atoms with van der Waals surface area (Å²) >= 11 is 0. The summed E-state index contributed by atoms with van der Waals surface area (Å²) in [5, 5.41) is 9.34. The fraction of sp³-hybridized carbons (Fsp3) is 0.182. The molecular weight excluding hydrogens is 178 g/mol. The summed E-state index contributed by atoms with van der Waals surface area (Å²) in [7, 11) is 0. The molecule has 0 spiro atoms. The summed E-state index contributed by atoms with van der Waals surface area (Å²) in [6.45, 7) is 1.87. The number of para-hydroxylation sites is 1. The van der Waals surface area contributed by atoms with Gasteiger partial charge in [0.25, 0.3) is 0 Å². The van der Waals surface area contributed by atoms with Crippen molar-refractivity contribution in [3.8, 4) is 11.8 Å². The van der Waals surface area contributed by atoms with Crippen molar-refractivity contribution in [3.05, 3.63) is 30.0 Å². The molecular formula is C11H9NO2. The molecule has 0 aliphatic rings. The molecule has 0 atom stereocenters. The van der Waals surface area contributed by atoms with Crippen LogP contribution in [-0.2, 0) is 0 Å². The number of hydrogen-bond donors (Lipinski definition) is 0. The van der Waals surface area contributed by atoms with Gasteiger partial charge in [-0.3, -0.25) is 0 Å². The van der Waals surface area contributed by atoms with Crippen LogP contribution in [0.4, 0.5) is 0 Å². The highest BCUT2D eigenvalue weighted by molar-refractivity contribution is 5.85. The quantitative estimate of drug-likeness (QED) is 0.726. The van der Waals surface area contributed by atoms with Gasteiger partial charge in [0.1, 0.15) is 17.4 Å². The SMILES string of the molecule is Cc1oc2ccccc2c1OCC#N. The topological polar surface area (TPSA) is 46.2 Å². The number of furan rings is 1. The molecule has 3 heteroatoms. The average molecular weight is 187 g/mol. The van der Waals surface area contributed by atoms with E-state index in [-0.39, 0.29) is 6.61 Å². The average Bonchev–Trinajstić information content (AvgIpc) is 2.51. The fourth-order valence-electron chi connectivity index (χ4n) is 1.43. The van der Waals surface area contributed by atoms with Crippen LogP contribution in [0.2, 0.25) is 0 Å². The number of rotatable bonds is 2. The van der Waals surface area contributed by atoms with Crippen LogP contribution in [-0.4, -0.2) is 6.61 Å². The Bertz CT molecular complexity index is 493. The molecule has 1 aromatic carbocycles. The first-order valence-corrected chi connectivity index (χ1v) is 4.31. The minimum absolute atomic E-state index is 0.0460. The van der Waals surface area contributed by atoms with Gasteiger partial charge < -0.3 is 9.15 Å². The van der Waals surface area contributed by atoms with E-state index >= 15 is 0 Å². The van der Waals surface area contributed by atoms with Crippen LogP contribution in [0.25, 0.3) is 11.0 Å². The van der Waals surface area contributed by atoms with Crippen molar-refractivity contribution in [1.82, 2.24) is 0 Å². The van der Waals surface area contributed by atoms with Gasteiger partial charge in [0, 0.05) is 0 Å². The Morgan fingerprint density at radius 1 is 1.43 bits per heavy atom. The van der Waals surface area contributed by atoms with Crippen molar-refractivity contribution >= 4 is 11.0 Å². The zero-order valence-corrected chi connectivity index (χ0v) is 7.78. The normalized spacial score (nSPS) is 10.0. The lowest BCUT2D eigenvalue weighted by molar-refractivity contribution is 0.360. The van der Waals surface area contributed by atoms with E-state index in [1.165, 1.54) is 0 Å². The van der Waals surface area contributed by atoms with E-state index in [2.05, 4.69) is 0 Å². The molecule has 0 radical (unpaired) electrons. The van der Waals surface area contributed by atoms with Gasteiger partial charge in [0.2, 0.25) is 0 Å². The van der Waals surface area contributed by atoms with Crippen LogP contribution < -0.4 is 4.74 Å². The van der Waals surface area contributed by atoms with Gasteiger partial charge in [0.05, 0.1) is 5.39 Å². The van der Waals surface area contributed by atoms with E-state index in [4.69, 9.17) is 14.4 Å². The number of ether oxygens (including phenoxy) is 1. The molecule has 0 amide bonds. The second-order valence-electron chi connectivity index (χ2n) is 2.93. The predicted molar refractivity (Wildman–Crippen MR) is 52.1 cm³/mol. The largest absolute Gasteiger partial charge is 0.474 e. The van der Waals surface area contributed by atoms with Crippen molar-refractivity contribution in [1.29, 1.82) is 5.26 Å². The highest BCUT2D eigenvalue weighted by Gasteiger charge is 2.10. The number of nitrogens with zero attached hydrogens (tertiary/aromatic N) is 1. The van der Waals surface area contributed by atoms with Crippen molar-refractivity contribution in [2.45, 2.75) is 6.92 Å². The smallest absolute Gasteiger partial charge is 0.174 e. The van der Waals surface area contributed by atoms with Gasteiger partial charge in [-0.1, -0.05) is 12.1 Å². The Morgan fingerprint density at radius 2 is 2.21 bits per heavy atom. The molecule has 2 rings (SSSR count). The summed E-state index contributed by atoms with van der Waals surface area (Å²) in [4.78, 5) is 0. The summed E-state index contributed by atoms with van der Waals surface area (Å²) in [6.07, 6.45) is 0. The van der Waals surface area contributed by atoms with E-state index in [1.807, 2.05) is 37.3 Å². The molecule has 3 nitrogen and oxygen atoms in total. The van der Waals surface area contributed by atoms with E-state index in [0.29, 0.717) is 11.5 Å². The van der Waals surface area contributed by atoms with Gasteiger partial charge in [-0.25, -0.2) is 0 Å². The van der Waals surface area contributed by atoms with E-state index in [0.717, 1.165) is 11.0 Å². The highest BCUT2D eigenvalue weighted by atomic mass is 16.5. The third-order valence-electron chi connectivity index (χ3n) is 2.00. The Labute approximate surface area is 81.5 Å². The zero-order valence-electron chi connectivity index (χ0n) is 7.78. The lowest BCUT2D eigenvalue weighted by Gasteiger charge is -1.98. The van der Waals surface area contributed by atoms with E-state index in [1.54, 1.807) is 0 Å². The molecule has 0 saturated heterocycles.